The van der Waals surface area contributed by atoms with Gasteiger partial charge in [-0.15, -0.1) is 10.2 Å². The van der Waals surface area contributed by atoms with Crippen LogP contribution in [0.25, 0.3) is 11.6 Å². The minimum atomic E-state index is -1.26. The molecule has 0 amide bonds. The molecule has 3 aliphatic rings. The lowest BCUT2D eigenvalue weighted by Gasteiger charge is -2.31. The second kappa shape index (κ2) is 9.09. The molecule has 2 aromatic rings. The Bertz CT molecular complexity index is 797. The van der Waals surface area contributed by atoms with Crippen molar-refractivity contribution in [3.05, 3.63) is 36.7 Å². The lowest BCUT2D eigenvalue weighted by atomic mass is 10.1. The van der Waals surface area contributed by atoms with Crippen molar-refractivity contribution < 1.29 is 24.2 Å². The van der Waals surface area contributed by atoms with Crippen molar-refractivity contribution in [3.8, 4) is 11.6 Å². The minimum Gasteiger partial charge on any atom is -0.478 e. The zero-order valence-electron chi connectivity index (χ0n) is 15.1. The smallest absolute Gasteiger partial charge is 0.328 e. The lowest BCUT2D eigenvalue weighted by Crippen LogP contribution is -2.38. The maximum absolute atomic E-state index is 9.55. The highest BCUT2D eigenvalue weighted by molar-refractivity contribution is 5.89. The van der Waals surface area contributed by atoms with Crippen LogP contribution < -0.4 is 4.90 Å². The molecule has 3 aliphatic heterocycles. The molecule has 3 saturated heterocycles. The number of aliphatic carboxylic acids is 2. The Hall–Kier alpha value is -3.27. The van der Waals surface area contributed by atoms with Crippen LogP contribution in [0.5, 0.6) is 0 Å². The third kappa shape index (κ3) is 5.13. The van der Waals surface area contributed by atoms with Crippen molar-refractivity contribution in [2.24, 2.45) is 0 Å². The van der Waals surface area contributed by atoms with Gasteiger partial charge >= 0.3 is 11.9 Å². The highest BCUT2D eigenvalue weighted by Gasteiger charge is 2.29. The fourth-order valence-corrected chi connectivity index (χ4v) is 3.27. The van der Waals surface area contributed by atoms with Gasteiger partial charge in [0.15, 0.2) is 5.82 Å². The van der Waals surface area contributed by atoms with Crippen molar-refractivity contribution in [3.63, 3.8) is 0 Å². The van der Waals surface area contributed by atoms with Crippen LogP contribution in [0.1, 0.15) is 12.8 Å². The van der Waals surface area contributed by atoms with E-state index in [1.807, 2.05) is 12.1 Å². The Kier molecular flexibility index (Phi) is 6.33. The average Bonchev–Trinajstić information content (AvgIpc) is 3.07. The van der Waals surface area contributed by atoms with Crippen molar-refractivity contribution in [1.29, 1.82) is 0 Å². The molecule has 10 heteroatoms. The van der Waals surface area contributed by atoms with E-state index in [2.05, 4.69) is 25.0 Å². The number of fused-ring (bicyclic) bond motifs is 4. The zero-order valence-corrected chi connectivity index (χ0v) is 15.1. The predicted molar refractivity (Wildman–Crippen MR) is 98.7 cm³/mol. The van der Waals surface area contributed by atoms with Crippen molar-refractivity contribution in [2.75, 3.05) is 31.1 Å². The lowest BCUT2D eigenvalue weighted by molar-refractivity contribution is -0.134. The fraction of sp³-hybridized carbons (Fsp3) is 0.389. The SMILES string of the molecule is O=C(O)/C=C/C(=O)O.c1coc(-c2ccc(N3CCN4CCC3CC4)nn2)n1. The second-order valence-corrected chi connectivity index (χ2v) is 6.39. The van der Waals surface area contributed by atoms with Crippen LogP contribution in [0.15, 0.2) is 41.2 Å². The van der Waals surface area contributed by atoms with E-state index < -0.39 is 11.9 Å². The summed E-state index contributed by atoms with van der Waals surface area (Å²) < 4.78 is 5.24. The zero-order chi connectivity index (χ0) is 19.9. The van der Waals surface area contributed by atoms with E-state index in [1.54, 1.807) is 12.5 Å². The summed E-state index contributed by atoms with van der Waals surface area (Å²) in [6.07, 6.45) is 6.73. The number of carboxylic acids is 2. The summed E-state index contributed by atoms with van der Waals surface area (Å²) >= 11 is 0. The molecule has 0 atom stereocenters. The third-order valence-corrected chi connectivity index (χ3v) is 4.62. The van der Waals surface area contributed by atoms with Gasteiger partial charge in [-0.1, -0.05) is 0 Å². The van der Waals surface area contributed by atoms with Crippen LogP contribution in [0.4, 0.5) is 5.82 Å². The molecule has 0 aromatic carbocycles. The van der Waals surface area contributed by atoms with E-state index in [-0.39, 0.29) is 0 Å². The normalized spacial score (nSPS) is 21.1. The average molecular weight is 387 g/mol. The molecule has 148 valence electrons. The Morgan fingerprint density at radius 1 is 1.04 bits per heavy atom. The van der Waals surface area contributed by atoms with Gasteiger partial charge in [0.1, 0.15) is 12.0 Å². The van der Waals surface area contributed by atoms with Gasteiger partial charge in [-0.05, 0) is 25.0 Å². The van der Waals surface area contributed by atoms with Crippen molar-refractivity contribution in [1.82, 2.24) is 20.1 Å². The first-order chi connectivity index (χ1) is 13.5. The van der Waals surface area contributed by atoms with Crippen molar-refractivity contribution >= 4 is 17.8 Å². The molecule has 2 N–H and O–H groups in total. The fourth-order valence-electron chi connectivity index (χ4n) is 3.27. The summed E-state index contributed by atoms with van der Waals surface area (Å²) in [4.78, 5) is 28.1. The van der Waals surface area contributed by atoms with Gasteiger partial charge in [0, 0.05) is 44.4 Å². The summed E-state index contributed by atoms with van der Waals surface area (Å²) in [5, 5.41) is 24.2. The number of rotatable bonds is 4. The molecule has 0 radical (unpaired) electrons. The number of carbonyl (C=O) groups is 2. The van der Waals surface area contributed by atoms with Crippen LogP contribution in [0, 0.1) is 0 Å². The van der Waals surface area contributed by atoms with Gasteiger partial charge in [0.2, 0.25) is 5.89 Å². The topological polar surface area (TPSA) is 133 Å². The van der Waals surface area contributed by atoms with E-state index in [9.17, 15) is 9.59 Å². The number of anilines is 1. The Morgan fingerprint density at radius 3 is 2.29 bits per heavy atom. The quantitative estimate of drug-likeness (QED) is 0.735. The summed E-state index contributed by atoms with van der Waals surface area (Å²) in [5.74, 6) is -1.03. The van der Waals surface area contributed by atoms with Crippen LogP contribution >= 0.6 is 0 Å². The molecule has 0 spiro atoms. The molecular formula is C18H21N5O5. The molecule has 5 heterocycles. The first-order valence-electron chi connectivity index (χ1n) is 8.89. The predicted octanol–water partition coefficient (Wildman–Crippen LogP) is 1.13. The van der Waals surface area contributed by atoms with Crippen molar-refractivity contribution in [2.45, 2.75) is 18.9 Å². The minimum absolute atomic E-state index is 0.520. The Labute approximate surface area is 161 Å². The summed E-state index contributed by atoms with van der Waals surface area (Å²) in [5.41, 5.74) is 0.682. The second-order valence-electron chi connectivity index (χ2n) is 6.39. The number of hydrogen-bond acceptors (Lipinski definition) is 8. The van der Waals surface area contributed by atoms with Gasteiger partial charge in [-0.3, -0.25) is 0 Å². The van der Waals surface area contributed by atoms with Crippen LogP contribution in [0.2, 0.25) is 0 Å². The van der Waals surface area contributed by atoms with E-state index in [1.165, 1.54) is 25.9 Å². The van der Waals surface area contributed by atoms with E-state index in [0.29, 0.717) is 29.8 Å². The number of nitrogens with zero attached hydrogens (tertiary/aromatic N) is 5. The maximum atomic E-state index is 9.55. The van der Waals surface area contributed by atoms with E-state index in [4.69, 9.17) is 14.6 Å². The highest BCUT2D eigenvalue weighted by Crippen LogP contribution is 2.25. The van der Waals surface area contributed by atoms with Gasteiger partial charge < -0.3 is 24.4 Å². The molecule has 0 saturated carbocycles. The summed E-state index contributed by atoms with van der Waals surface area (Å²) in [6, 6.07) is 4.57. The maximum Gasteiger partial charge on any atom is 0.328 e. The van der Waals surface area contributed by atoms with E-state index >= 15 is 0 Å². The largest absolute Gasteiger partial charge is 0.478 e. The Morgan fingerprint density at radius 2 is 1.75 bits per heavy atom. The molecule has 2 aromatic heterocycles. The van der Waals surface area contributed by atoms with Gasteiger partial charge in [0.05, 0.1) is 6.20 Å². The summed E-state index contributed by atoms with van der Waals surface area (Å²) in [7, 11) is 0. The monoisotopic (exact) mass is 387 g/mol. The number of aromatic nitrogens is 3. The number of piperidine rings is 1. The van der Waals surface area contributed by atoms with Gasteiger partial charge in [-0.25, -0.2) is 14.6 Å². The molecule has 0 unspecified atom stereocenters. The molecule has 28 heavy (non-hydrogen) atoms. The first kappa shape index (κ1) is 19.5. The number of hydrogen-bond donors (Lipinski definition) is 2. The van der Waals surface area contributed by atoms with Gasteiger partial charge in [-0.2, -0.15) is 0 Å². The highest BCUT2D eigenvalue weighted by atomic mass is 16.4. The molecule has 3 fully saturated rings. The third-order valence-electron chi connectivity index (χ3n) is 4.62. The van der Waals surface area contributed by atoms with Crippen LogP contribution in [-0.4, -0.2) is 74.5 Å². The number of carboxylic acid groups (broad SMARTS) is 2. The molecule has 5 rings (SSSR count). The molecule has 10 nitrogen and oxygen atoms in total. The number of oxazole rings is 1. The molecular weight excluding hydrogens is 366 g/mol. The molecule has 0 aliphatic carbocycles. The Balaban J connectivity index is 0.000000242. The standard InChI is InChI=1S/C14H17N5O.C4H4O4/c1-2-13(17-16-12(1)14-15-5-10-20-14)19-9-8-18-6-3-11(19)4-7-18;5-3(6)1-2-4(7)8/h1-2,5,10-11H,3-4,6-9H2;1-2H,(H,5,6)(H,7,8)/b;2-1+. The first-order valence-corrected chi connectivity index (χ1v) is 8.89. The van der Waals surface area contributed by atoms with Crippen LogP contribution in [-0.2, 0) is 9.59 Å². The van der Waals surface area contributed by atoms with Crippen LogP contribution in [0.3, 0.4) is 0 Å². The van der Waals surface area contributed by atoms with E-state index in [0.717, 1.165) is 18.9 Å². The van der Waals surface area contributed by atoms with Gasteiger partial charge in [0.25, 0.3) is 0 Å². The summed E-state index contributed by atoms with van der Waals surface area (Å²) in [6.45, 7) is 4.59. The molecule has 2 bridgehead atoms.